The summed E-state index contributed by atoms with van der Waals surface area (Å²) >= 11 is 0. The highest BCUT2D eigenvalue weighted by Crippen LogP contribution is 2.39. The van der Waals surface area contributed by atoms with Gasteiger partial charge < -0.3 is 4.57 Å². The molecule has 0 N–H and O–H groups in total. The molecule has 0 amide bonds. The first-order valence-corrected chi connectivity index (χ1v) is 16.2. The Balaban J connectivity index is 1.44. The molecular weight excluding hydrogens is 683 g/mol. The highest BCUT2D eigenvalue weighted by molar-refractivity contribution is 6.10. The Hall–Kier alpha value is -7.63. The van der Waals surface area contributed by atoms with Crippen LogP contribution in [0.4, 0.5) is 0 Å². The lowest BCUT2D eigenvalue weighted by atomic mass is 10.0. The van der Waals surface area contributed by atoms with Gasteiger partial charge in [-0.05, 0) is 58.5 Å². The molecule has 11 aromatic rings. The molecule has 0 aliphatic rings. The Morgan fingerprint density at radius 1 is 0.321 bits per heavy atom. The van der Waals surface area contributed by atoms with E-state index in [0.717, 1.165) is 0 Å². The summed E-state index contributed by atoms with van der Waals surface area (Å²) in [5, 5.41) is -2.48. The molecule has 0 fully saturated rings. The lowest BCUT2D eigenvalue weighted by Crippen LogP contribution is -2.08. The predicted molar refractivity (Wildman–Crippen MR) is 230 cm³/mol. The van der Waals surface area contributed by atoms with E-state index < -0.39 is 300 Å². The zero-order valence-corrected chi connectivity index (χ0v) is 27.7. The molecule has 56 heavy (non-hydrogen) atoms. The first-order chi connectivity index (χ1) is 41.5. The van der Waals surface area contributed by atoms with Gasteiger partial charge in [0, 0.05) is 32.7 Å². The van der Waals surface area contributed by atoms with Gasteiger partial charge >= 0.3 is 0 Å². The number of hydrogen-bond acceptors (Lipinski definition) is 3. The van der Waals surface area contributed by atoms with Crippen LogP contribution < -0.4 is 0 Å². The van der Waals surface area contributed by atoms with Gasteiger partial charge in [0.15, 0.2) is 11.6 Å². The summed E-state index contributed by atoms with van der Waals surface area (Å²) in [6.07, 6.45) is 0. The SMILES string of the molecule is [2H]c1c([2H])c([2H])c(-c2c([2H])c([2H])c(-c3nc(-c4c([2H])c([2H])c(-c5c([2H])c([2H])c([2H])c([2H])c5[2H])c([2H])c4-n4c5c([2H])c([2H])c([2H])c([2H])c5c5c([2H])c([2H])c([2H])c([2H])c54)nc(-n4c5c([2H])c([2H])c([2H])c([2H])c5c5c([2H])c([2H])c([2H])c([2H])c54)n3)c([2H])c2[2H])c([2H])c1[2H]. The number of aromatic nitrogens is 5. The van der Waals surface area contributed by atoms with Gasteiger partial charge in [-0.3, -0.25) is 4.57 Å². The second-order valence-corrected chi connectivity index (χ2v) is 11.6. The fourth-order valence-corrected chi connectivity index (χ4v) is 6.10. The molecule has 11 rings (SSSR count). The first kappa shape index (κ1) is 13.0. The number of benzene rings is 8. The summed E-state index contributed by atoms with van der Waals surface area (Å²) in [5.74, 6) is -3.29. The summed E-state index contributed by atoms with van der Waals surface area (Å²) in [7, 11) is 0. The summed E-state index contributed by atoms with van der Waals surface area (Å²) in [4.78, 5) is 13.6. The Bertz CT molecular complexity index is 4950. The van der Waals surface area contributed by atoms with Crippen LogP contribution in [0, 0.1) is 0 Å². The third-order valence-corrected chi connectivity index (χ3v) is 8.48. The number of para-hydroxylation sites is 4. The molecule has 0 saturated heterocycles. The maximum atomic E-state index is 10.2. The molecule has 3 heterocycles. The van der Waals surface area contributed by atoms with Crippen molar-refractivity contribution < 1.29 is 45.2 Å². The van der Waals surface area contributed by atoms with Crippen LogP contribution in [0.3, 0.4) is 0 Å². The van der Waals surface area contributed by atoms with Gasteiger partial charge in [-0.15, -0.1) is 0 Å². The van der Waals surface area contributed by atoms with Crippen LogP contribution >= 0.6 is 0 Å². The third kappa shape index (κ3) is 5.21. The Morgan fingerprint density at radius 3 is 1.25 bits per heavy atom. The van der Waals surface area contributed by atoms with Crippen molar-refractivity contribution in [2.24, 2.45) is 0 Å². The van der Waals surface area contributed by atoms with E-state index in [1.165, 1.54) is 0 Å². The quantitative estimate of drug-likeness (QED) is 0.170. The minimum absolute atomic E-state index is 0.589. The minimum Gasteiger partial charge on any atom is -0.308 e. The van der Waals surface area contributed by atoms with Crippen LogP contribution in [0.5, 0.6) is 0 Å². The van der Waals surface area contributed by atoms with E-state index in [1.54, 1.807) is 0 Å². The van der Waals surface area contributed by atoms with Crippen LogP contribution in [0.25, 0.3) is 100 Å². The molecule has 3 aromatic heterocycles. The van der Waals surface area contributed by atoms with Crippen molar-refractivity contribution in [1.29, 1.82) is 0 Å². The van der Waals surface area contributed by atoms with Crippen molar-refractivity contribution in [3.8, 4) is 56.7 Å². The molecule has 0 atom stereocenters. The number of fused-ring (bicyclic) bond motifs is 6. The molecule has 0 saturated carbocycles. The Morgan fingerprint density at radius 2 is 0.714 bits per heavy atom. The molecule has 8 aromatic carbocycles. The molecule has 262 valence electrons. The van der Waals surface area contributed by atoms with E-state index in [2.05, 4.69) is 15.0 Å². The zero-order valence-electron chi connectivity index (χ0n) is 60.7. The molecule has 0 bridgehead atoms. The summed E-state index contributed by atoms with van der Waals surface area (Å²) < 4.78 is 298. The topological polar surface area (TPSA) is 48.5 Å². The maximum absolute atomic E-state index is 10.2. The van der Waals surface area contributed by atoms with Crippen molar-refractivity contribution in [3.63, 3.8) is 0 Å². The lowest BCUT2D eigenvalue weighted by Gasteiger charge is -2.17. The van der Waals surface area contributed by atoms with Crippen LogP contribution in [0.15, 0.2) is 199 Å². The van der Waals surface area contributed by atoms with E-state index in [4.69, 9.17) is 30.2 Å². The van der Waals surface area contributed by atoms with Crippen LogP contribution in [0.2, 0.25) is 0 Å². The fraction of sp³-hybridized carbons (Fsp3) is 0. The average molecular weight is 749 g/mol. The summed E-state index contributed by atoms with van der Waals surface area (Å²) in [6, 6.07) is -33.5. The van der Waals surface area contributed by atoms with Crippen molar-refractivity contribution in [1.82, 2.24) is 24.1 Å². The third-order valence-electron chi connectivity index (χ3n) is 8.48. The lowest BCUT2D eigenvalue weighted by molar-refractivity contribution is 0.952. The molecule has 0 aliphatic heterocycles. The van der Waals surface area contributed by atoms with Gasteiger partial charge in [-0.2, -0.15) is 9.97 Å². The van der Waals surface area contributed by atoms with Gasteiger partial charge in [-0.25, -0.2) is 4.98 Å². The van der Waals surface area contributed by atoms with Gasteiger partial charge in [0.2, 0.25) is 5.95 Å². The molecular formula is C51H33N5. The van der Waals surface area contributed by atoms with E-state index in [0.29, 0.717) is 9.13 Å². The monoisotopic (exact) mass is 748 g/mol. The van der Waals surface area contributed by atoms with Crippen LogP contribution in [-0.2, 0) is 0 Å². The molecule has 0 radical (unpaired) electrons. The van der Waals surface area contributed by atoms with Gasteiger partial charge in [0.25, 0.3) is 0 Å². The largest absolute Gasteiger partial charge is 0.308 e. The number of rotatable bonds is 6. The predicted octanol–water partition coefficient (Wildman–Crippen LogP) is 12.7. The first-order valence-electron chi connectivity index (χ1n) is 32.7. The van der Waals surface area contributed by atoms with E-state index >= 15 is 0 Å². The smallest absolute Gasteiger partial charge is 0.238 e. The molecule has 0 aliphatic carbocycles. The average Bonchev–Trinajstić information content (AvgIpc) is 1.61. The van der Waals surface area contributed by atoms with E-state index in [-0.39, 0.29) is 0 Å². The number of hydrogen-bond donors (Lipinski definition) is 0. The van der Waals surface area contributed by atoms with Crippen LogP contribution in [0.1, 0.15) is 45.2 Å². The van der Waals surface area contributed by atoms with Crippen molar-refractivity contribution in [2.45, 2.75) is 0 Å². The molecule has 0 spiro atoms. The second-order valence-electron chi connectivity index (χ2n) is 11.6. The second kappa shape index (κ2) is 13.0. The Kier molecular flexibility index (Phi) is 3.03. The standard InChI is InChI=1S/C51H33N5/c1-3-15-34(16-4-1)36-27-29-37(30-28-36)49-52-50(54-51(53-49)56-46-25-13-9-21-41(46)42-22-10-14-26-47(42)56)43-32-31-38(35-17-5-2-6-18-35)33-48(43)55-44-23-11-7-19-39(44)40-20-8-12-24-45(40)55/h1-33H/i1D,2D,3D,4D,5D,6D,7D,8D,9D,10D,11D,12D,13D,14D,15D,16D,17D,18D,19D,20D,21D,22D,23D,24D,25D,26D,27D,28D,29D,30D,31D,32D,33D. The van der Waals surface area contributed by atoms with Crippen molar-refractivity contribution in [2.75, 3.05) is 0 Å². The summed E-state index contributed by atoms with van der Waals surface area (Å²) in [6.45, 7) is 0. The molecule has 5 heteroatoms. The summed E-state index contributed by atoms with van der Waals surface area (Å²) in [5.41, 5.74) is -9.68. The van der Waals surface area contributed by atoms with Gasteiger partial charge in [0.1, 0.15) is 0 Å². The van der Waals surface area contributed by atoms with Crippen molar-refractivity contribution >= 4 is 43.6 Å². The van der Waals surface area contributed by atoms with Crippen molar-refractivity contribution in [3.05, 3.63) is 199 Å². The molecule has 0 unspecified atom stereocenters. The maximum Gasteiger partial charge on any atom is 0.238 e. The molecule has 5 nitrogen and oxygen atoms in total. The van der Waals surface area contributed by atoms with Gasteiger partial charge in [-0.1, -0.05) is 163 Å². The normalized spacial score (nSPS) is 19.8. The highest BCUT2D eigenvalue weighted by Gasteiger charge is 2.22. The van der Waals surface area contributed by atoms with Gasteiger partial charge in [0.05, 0.1) is 73.0 Å². The van der Waals surface area contributed by atoms with E-state index in [1.807, 2.05) is 0 Å². The number of nitrogens with zero attached hydrogens (tertiary/aromatic N) is 5. The Labute approximate surface area is 369 Å². The minimum atomic E-state index is -1.26. The highest BCUT2D eigenvalue weighted by atomic mass is 15.2. The van der Waals surface area contributed by atoms with Crippen LogP contribution in [-0.4, -0.2) is 24.1 Å². The zero-order chi connectivity index (χ0) is 65.7. The fourth-order valence-electron chi connectivity index (χ4n) is 6.10. The van der Waals surface area contributed by atoms with E-state index in [9.17, 15) is 15.1 Å².